The summed E-state index contributed by atoms with van der Waals surface area (Å²) in [4.78, 5) is 0. The number of hydrogen-bond donors (Lipinski definition) is 0. The number of unbranched alkanes of at least 4 members (excludes halogenated alkanes) is 8. The molecule has 0 aromatic rings. The van der Waals surface area contributed by atoms with Gasteiger partial charge in [-0.3, -0.25) is 0 Å². The first kappa shape index (κ1) is 17.8. The fourth-order valence-electron chi connectivity index (χ4n) is 1.66. The maximum atomic E-state index is 3.95. The molecule has 102 valence electrons. The van der Waals surface area contributed by atoms with E-state index < -0.39 is 3.36 Å². The summed E-state index contributed by atoms with van der Waals surface area (Å²) in [5.74, 6) is 0. The van der Waals surface area contributed by atoms with E-state index in [0.717, 1.165) is 6.42 Å². The Morgan fingerprint density at radius 2 is 1.53 bits per heavy atom. The van der Waals surface area contributed by atoms with Gasteiger partial charge >= 0.3 is 0 Å². The lowest BCUT2D eigenvalue weighted by Gasteiger charge is -2.06. The van der Waals surface area contributed by atoms with E-state index in [1.165, 1.54) is 51.4 Å². The van der Waals surface area contributed by atoms with E-state index in [2.05, 4.69) is 61.6 Å². The van der Waals surface area contributed by atoms with Crippen molar-refractivity contribution in [3.8, 4) is 0 Å². The van der Waals surface area contributed by atoms with E-state index in [0.29, 0.717) is 0 Å². The van der Waals surface area contributed by atoms with Gasteiger partial charge in [0.05, 0.1) is 0 Å². The molecule has 0 aliphatic heterocycles. The topological polar surface area (TPSA) is 12.4 Å². The minimum atomic E-state index is -0.433. The Bertz CT molecular complexity index is 217. The standard InChI is InChI=1S/C13H25Br2NS/c1-2-3-4-5-6-7-8-9-10-11-12-13(14,15)16-17/h11-12H,2-10,17H2,1H3/b12-11+. The average Bonchev–Trinajstić information content (AvgIpc) is 2.31. The molecule has 17 heavy (non-hydrogen) atoms. The molecule has 1 nitrogen and oxygen atoms in total. The SMILES string of the molecule is CCCCCCCCCC/C=C/C(Br)(Br)N=[SH2]. The molecule has 0 heterocycles. The van der Waals surface area contributed by atoms with Crippen molar-refractivity contribution >= 4 is 44.3 Å². The normalized spacial score (nSPS) is 12.2. The highest BCUT2D eigenvalue weighted by molar-refractivity contribution is 9.25. The van der Waals surface area contributed by atoms with Crippen LogP contribution in [0.3, 0.4) is 0 Å². The maximum Gasteiger partial charge on any atom is 0.193 e. The van der Waals surface area contributed by atoms with Crippen molar-refractivity contribution in [2.45, 2.75) is 68.1 Å². The van der Waals surface area contributed by atoms with Crippen LogP contribution >= 0.6 is 31.9 Å². The Morgan fingerprint density at radius 1 is 1.00 bits per heavy atom. The van der Waals surface area contributed by atoms with Gasteiger partial charge in [0.25, 0.3) is 0 Å². The first-order valence-electron chi connectivity index (χ1n) is 6.56. The molecule has 0 aromatic carbocycles. The summed E-state index contributed by atoms with van der Waals surface area (Å²) >= 11 is 9.95. The van der Waals surface area contributed by atoms with Gasteiger partial charge < -0.3 is 0 Å². The number of hydrogen-bond acceptors (Lipinski definition) is 1. The van der Waals surface area contributed by atoms with Gasteiger partial charge in [-0.25, -0.2) is 4.36 Å². The van der Waals surface area contributed by atoms with Crippen LogP contribution in [-0.2, 0) is 12.4 Å². The van der Waals surface area contributed by atoms with E-state index >= 15 is 0 Å². The van der Waals surface area contributed by atoms with E-state index in [9.17, 15) is 0 Å². The van der Waals surface area contributed by atoms with Gasteiger partial charge in [-0.05, 0) is 50.8 Å². The summed E-state index contributed by atoms with van der Waals surface area (Å²) < 4.78 is 3.51. The third kappa shape index (κ3) is 13.1. The van der Waals surface area contributed by atoms with Crippen molar-refractivity contribution in [1.29, 1.82) is 0 Å². The van der Waals surface area contributed by atoms with Crippen molar-refractivity contribution in [3.63, 3.8) is 0 Å². The molecule has 0 aliphatic rings. The molecule has 0 bridgehead atoms. The van der Waals surface area contributed by atoms with Crippen LogP contribution in [0.25, 0.3) is 0 Å². The third-order valence-corrected chi connectivity index (χ3v) is 4.58. The minimum absolute atomic E-state index is 0.433. The molecule has 0 saturated heterocycles. The molecule has 0 unspecified atom stereocenters. The summed E-state index contributed by atoms with van der Waals surface area (Å²) in [5.41, 5.74) is 0. The van der Waals surface area contributed by atoms with E-state index in [-0.39, 0.29) is 0 Å². The van der Waals surface area contributed by atoms with Gasteiger partial charge in [-0.15, -0.1) is 12.4 Å². The van der Waals surface area contributed by atoms with Gasteiger partial charge in [0, 0.05) is 0 Å². The summed E-state index contributed by atoms with van der Waals surface area (Å²) in [6, 6.07) is 0. The Labute approximate surface area is 128 Å². The van der Waals surface area contributed by atoms with Crippen molar-refractivity contribution in [2.24, 2.45) is 4.36 Å². The molecule has 0 atom stereocenters. The quantitative estimate of drug-likeness (QED) is 0.186. The van der Waals surface area contributed by atoms with Crippen molar-refractivity contribution in [1.82, 2.24) is 0 Å². The zero-order chi connectivity index (χ0) is 13.0. The Morgan fingerprint density at radius 3 is 2.06 bits per heavy atom. The fourth-order valence-corrected chi connectivity index (χ4v) is 2.11. The molecule has 0 rings (SSSR count). The summed E-state index contributed by atoms with van der Waals surface area (Å²) in [7, 11) is 0. The Hall–Kier alpha value is 0.850. The Kier molecular flexibility index (Phi) is 12.5. The van der Waals surface area contributed by atoms with Crippen LogP contribution in [0.15, 0.2) is 16.5 Å². The van der Waals surface area contributed by atoms with Crippen molar-refractivity contribution in [2.75, 3.05) is 0 Å². The smallest absolute Gasteiger partial charge is 0.193 e. The second kappa shape index (κ2) is 11.9. The molecule has 0 fully saturated rings. The third-order valence-electron chi connectivity index (χ3n) is 2.69. The highest BCUT2D eigenvalue weighted by atomic mass is 79.9. The van der Waals surface area contributed by atoms with Crippen LogP contribution in [0.4, 0.5) is 0 Å². The number of nitrogens with zero attached hydrogens (tertiary/aromatic N) is 1. The number of rotatable bonds is 11. The average molecular weight is 387 g/mol. The fraction of sp³-hybridized carbons (Fsp3) is 0.846. The highest BCUT2D eigenvalue weighted by Crippen LogP contribution is 2.29. The number of alkyl halides is 2. The lowest BCUT2D eigenvalue weighted by Crippen LogP contribution is -1.99. The first-order chi connectivity index (χ1) is 8.12. The molecular weight excluding hydrogens is 362 g/mol. The van der Waals surface area contributed by atoms with Crippen LogP contribution in [-0.4, -0.2) is 3.36 Å². The van der Waals surface area contributed by atoms with Gasteiger partial charge in [0.1, 0.15) is 0 Å². The van der Waals surface area contributed by atoms with Crippen LogP contribution in [0.1, 0.15) is 64.7 Å². The summed E-state index contributed by atoms with van der Waals surface area (Å²) in [6.45, 7) is 2.26. The predicted molar refractivity (Wildman–Crippen MR) is 89.5 cm³/mol. The second-order valence-electron chi connectivity index (χ2n) is 4.37. The van der Waals surface area contributed by atoms with Crippen LogP contribution in [0.2, 0.25) is 0 Å². The lowest BCUT2D eigenvalue weighted by molar-refractivity contribution is 0.577. The Balaban J connectivity index is 3.26. The van der Waals surface area contributed by atoms with Gasteiger partial charge in [-0.2, -0.15) is 0 Å². The van der Waals surface area contributed by atoms with Crippen molar-refractivity contribution in [3.05, 3.63) is 12.2 Å². The summed E-state index contributed by atoms with van der Waals surface area (Å²) in [6.07, 6.45) is 16.3. The first-order valence-corrected chi connectivity index (χ1v) is 8.60. The van der Waals surface area contributed by atoms with Crippen LogP contribution < -0.4 is 0 Å². The molecule has 0 N–H and O–H groups in total. The lowest BCUT2D eigenvalue weighted by atomic mass is 10.1. The zero-order valence-electron chi connectivity index (χ0n) is 10.7. The minimum Gasteiger partial charge on any atom is -0.237 e. The number of allylic oxidation sites excluding steroid dienone is 1. The highest BCUT2D eigenvalue weighted by Gasteiger charge is 2.13. The van der Waals surface area contributed by atoms with Crippen LogP contribution in [0.5, 0.6) is 0 Å². The largest absolute Gasteiger partial charge is 0.237 e. The maximum absolute atomic E-state index is 3.95. The van der Waals surface area contributed by atoms with E-state index in [1.54, 1.807) is 0 Å². The predicted octanol–water partition coefficient (Wildman–Crippen LogP) is 5.71. The molecule has 0 aliphatic carbocycles. The molecule has 0 spiro atoms. The molecule has 0 radical (unpaired) electrons. The van der Waals surface area contributed by atoms with Crippen LogP contribution in [0, 0.1) is 0 Å². The molecule has 0 aromatic heterocycles. The second-order valence-corrected chi connectivity index (χ2v) is 8.07. The van der Waals surface area contributed by atoms with Gasteiger partial charge in [-0.1, -0.05) is 57.9 Å². The number of halogens is 2. The zero-order valence-corrected chi connectivity index (χ0v) is 14.9. The monoisotopic (exact) mass is 385 g/mol. The molecule has 0 saturated carbocycles. The molecule has 0 amide bonds. The van der Waals surface area contributed by atoms with Gasteiger partial charge in [0.15, 0.2) is 3.36 Å². The van der Waals surface area contributed by atoms with E-state index in [1.807, 2.05) is 6.08 Å². The molecular formula is C13H25Br2NS. The van der Waals surface area contributed by atoms with Crippen molar-refractivity contribution < 1.29 is 0 Å². The van der Waals surface area contributed by atoms with Gasteiger partial charge in [0.2, 0.25) is 0 Å². The summed E-state index contributed by atoms with van der Waals surface area (Å²) in [5, 5.41) is 0. The van der Waals surface area contributed by atoms with E-state index in [4.69, 9.17) is 0 Å². The molecule has 4 heteroatoms.